The topological polar surface area (TPSA) is 113 Å². The van der Waals surface area contributed by atoms with E-state index in [1.165, 1.54) is 12.1 Å². The van der Waals surface area contributed by atoms with Gasteiger partial charge in [0.25, 0.3) is 0 Å². The van der Waals surface area contributed by atoms with Crippen molar-refractivity contribution < 1.29 is 53.9 Å². The second kappa shape index (κ2) is 19.5. The van der Waals surface area contributed by atoms with Gasteiger partial charge in [0.05, 0.1) is 37.6 Å². The van der Waals surface area contributed by atoms with E-state index in [0.29, 0.717) is 18.8 Å². The highest BCUT2D eigenvalue weighted by Crippen LogP contribution is 2.46. The zero-order chi connectivity index (χ0) is 42.3. The Bertz CT molecular complexity index is 1880. The molecule has 1 amide bonds. The number of rotatable bonds is 17. The van der Waals surface area contributed by atoms with E-state index in [1.807, 2.05) is 48.5 Å². The van der Waals surface area contributed by atoms with Crippen LogP contribution in [0.1, 0.15) is 70.6 Å². The molecule has 3 atom stereocenters. The summed E-state index contributed by atoms with van der Waals surface area (Å²) in [6.45, 7) is 16.2. The number of fused-ring (bicyclic) bond motifs is 1. The van der Waals surface area contributed by atoms with Crippen LogP contribution >= 0.6 is 0 Å². The highest BCUT2D eigenvalue weighted by atomic mass is 32.2. The van der Waals surface area contributed by atoms with Crippen molar-refractivity contribution in [2.45, 2.75) is 101 Å². The number of amides is 1. The number of hydrogen-bond acceptors (Lipinski definition) is 10. The van der Waals surface area contributed by atoms with E-state index >= 15 is 0 Å². The van der Waals surface area contributed by atoms with Gasteiger partial charge in [0, 0.05) is 32.7 Å². The van der Waals surface area contributed by atoms with Crippen LogP contribution in [0.4, 0.5) is 23.7 Å². The minimum absolute atomic E-state index is 0.0691. The number of hydrogen-bond donors (Lipinski definition) is 0. The summed E-state index contributed by atoms with van der Waals surface area (Å²) in [7, 11) is -6.84. The first-order chi connectivity index (χ1) is 27.5. The average molecular weight is 851 g/mol. The molecule has 3 aromatic rings. The van der Waals surface area contributed by atoms with Crippen molar-refractivity contribution in [1.29, 1.82) is 0 Å². The summed E-state index contributed by atoms with van der Waals surface area (Å²) in [6, 6.07) is 20.8. The third-order valence-electron chi connectivity index (χ3n) is 11.1. The average Bonchev–Trinajstić information content (AvgIpc) is 3.18. The van der Waals surface area contributed by atoms with E-state index in [0.717, 1.165) is 42.1 Å². The Morgan fingerprint density at radius 1 is 0.879 bits per heavy atom. The maximum atomic E-state index is 13.9. The number of carbonyl (C=O) groups is 1. The first-order valence-corrected chi connectivity index (χ1v) is 23.4. The highest BCUT2D eigenvalue weighted by Gasteiger charge is 2.51. The van der Waals surface area contributed by atoms with Crippen molar-refractivity contribution in [3.63, 3.8) is 0 Å². The van der Waals surface area contributed by atoms with Crippen molar-refractivity contribution in [1.82, 2.24) is 4.90 Å². The number of likely N-dealkylation sites (tertiary alicyclic amines) is 1. The second-order valence-electron chi connectivity index (χ2n) is 15.8. The fourth-order valence-electron chi connectivity index (χ4n) is 8.46. The zero-order valence-corrected chi connectivity index (χ0v) is 36.2. The van der Waals surface area contributed by atoms with Gasteiger partial charge in [0.2, 0.25) is 8.32 Å². The molecule has 1 saturated heterocycles. The molecule has 3 aromatic carbocycles. The van der Waals surface area contributed by atoms with Crippen LogP contribution < -0.4 is 13.8 Å². The molecule has 0 saturated carbocycles. The van der Waals surface area contributed by atoms with Crippen molar-refractivity contribution in [3.05, 3.63) is 89.5 Å². The number of benzene rings is 3. The van der Waals surface area contributed by atoms with Crippen LogP contribution in [0, 0.1) is 0 Å². The summed E-state index contributed by atoms with van der Waals surface area (Å²) in [6.07, 6.45) is -0.996. The molecule has 2 aliphatic heterocycles. The maximum Gasteiger partial charge on any atom is 0.534 e. The predicted octanol–water partition coefficient (Wildman–Crippen LogP) is 9.03. The van der Waals surface area contributed by atoms with Gasteiger partial charge in [-0.2, -0.15) is 21.6 Å². The lowest BCUT2D eigenvalue weighted by molar-refractivity contribution is -0.0663. The minimum atomic E-state index is -5.88. The van der Waals surface area contributed by atoms with Gasteiger partial charge in [-0.15, -0.1) is 0 Å². The first-order valence-electron chi connectivity index (χ1n) is 19.8. The quantitative estimate of drug-likeness (QED) is 0.0565. The van der Waals surface area contributed by atoms with Crippen LogP contribution in [-0.2, 0) is 42.0 Å². The molecule has 0 spiro atoms. The SMILES string of the molecule is COCCCN1CCOc2ccc(CO[C@@H]3CN(C(=O)OCc4ccccc4)C[C@H](O[Si](C(C)C)(C(C)C)C(C)C)[C@@H]3c3ccc(OS(=O)(=O)C(F)(F)F)cc3)cc21. The van der Waals surface area contributed by atoms with Gasteiger partial charge in [-0.1, -0.05) is 90.1 Å². The number of nitrogens with zero attached hydrogens (tertiary/aromatic N) is 2. The lowest BCUT2D eigenvalue weighted by Gasteiger charge is -2.50. The molecule has 2 heterocycles. The third-order valence-corrected chi connectivity index (χ3v) is 18.2. The van der Waals surface area contributed by atoms with Gasteiger partial charge in [-0.3, -0.25) is 0 Å². The van der Waals surface area contributed by atoms with E-state index in [4.69, 9.17) is 23.4 Å². The van der Waals surface area contributed by atoms with Crippen LogP contribution in [0.3, 0.4) is 0 Å². The Balaban J connectivity index is 1.53. The summed E-state index contributed by atoms with van der Waals surface area (Å²) in [5.41, 5.74) is -1.76. The Morgan fingerprint density at radius 2 is 1.53 bits per heavy atom. The first kappa shape index (κ1) is 45.3. The summed E-state index contributed by atoms with van der Waals surface area (Å²) >= 11 is 0. The molecule has 0 radical (unpaired) electrons. The summed E-state index contributed by atoms with van der Waals surface area (Å²) in [5.74, 6) is -0.239. The van der Waals surface area contributed by atoms with Gasteiger partial charge >= 0.3 is 21.7 Å². The van der Waals surface area contributed by atoms with Gasteiger partial charge in [0.15, 0.2) is 0 Å². The molecule has 5 rings (SSSR count). The summed E-state index contributed by atoms with van der Waals surface area (Å²) < 4.78 is 99.1. The fourth-order valence-corrected chi connectivity index (χ4v) is 14.5. The molecular formula is C42H57F3N2O9SSi. The van der Waals surface area contributed by atoms with E-state index in [-0.39, 0.29) is 42.9 Å². The molecule has 58 heavy (non-hydrogen) atoms. The van der Waals surface area contributed by atoms with Gasteiger partial charge in [0.1, 0.15) is 24.7 Å². The molecule has 0 aromatic heterocycles. The molecule has 0 aliphatic carbocycles. The molecule has 0 N–H and O–H groups in total. The third kappa shape index (κ3) is 10.7. The molecule has 0 unspecified atom stereocenters. The standard InChI is InChI=1S/C42H57F3N2O9SSi/c1-29(2)58(30(3)4,31(5)6)56-39-26-47(41(48)54-27-32-12-9-8-10-13-32)25-38(40(39)34-15-17-35(18-16-34)55-57(49,50)42(43,44)45)53-28-33-14-19-37-36(24-33)46(21-23-52-37)20-11-22-51-7/h8-10,12-19,24,29-31,38-40H,11,20-23,25-28H2,1-7H3/t38-,39+,40-/m1/s1. The number of carbonyl (C=O) groups excluding carboxylic acids is 1. The fraction of sp³-hybridized carbons (Fsp3) is 0.548. The smallest absolute Gasteiger partial charge is 0.490 e. The van der Waals surface area contributed by atoms with Crippen LogP contribution in [0.25, 0.3) is 0 Å². The van der Waals surface area contributed by atoms with Gasteiger partial charge in [-0.25, -0.2) is 4.79 Å². The summed E-state index contributed by atoms with van der Waals surface area (Å²) in [4.78, 5) is 17.8. The van der Waals surface area contributed by atoms with Crippen molar-refractivity contribution in [3.8, 4) is 11.5 Å². The number of piperidine rings is 1. The Labute approximate surface area is 341 Å². The summed E-state index contributed by atoms with van der Waals surface area (Å²) in [5, 5.41) is 0. The highest BCUT2D eigenvalue weighted by molar-refractivity contribution is 7.88. The second-order valence-corrected chi connectivity index (χ2v) is 22.8. The van der Waals surface area contributed by atoms with Gasteiger partial charge in [-0.05, 0) is 64.0 Å². The molecular weight excluding hydrogens is 794 g/mol. The molecule has 11 nitrogen and oxygen atoms in total. The van der Waals surface area contributed by atoms with Crippen LogP contribution in [-0.4, -0.2) is 91.9 Å². The van der Waals surface area contributed by atoms with Gasteiger partial charge < -0.3 is 37.4 Å². The molecule has 16 heteroatoms. The van der Waals surface area contributed by atoms with E-state index in [9.17, 15) is 26.4 Å². The van der Waals surface area contributed by atoms with Crippen molar-refractivity contribution in [2.24, 2.45) is 0 Å². The number of alkyl halides is 3. The Morgan fingerprint density at radius 3 is 2.16 bits per heavy atom. The lowest BCUT2D eigenvalue weighted by Crippen LogP contribution is -2.59. The number of halogens is 3. The molecule has 320 valence electrons. The normalized spacial score (nSPS) is 19.0. The number of ether oxygens (including phenoxy) is 4. The lowest BCUT2D eigenvalue weighted by atomic mass is 9.84. The van der Waals surface area contributed by atoms with Crippen LogP contribution in [0.15, 0.2) is 72.8 Å². The van der Waals surface area contributed by atoms with Crippen molar-refractivity contribution >= 4 is 30.2 Å². The zero-order valence-electron chi connectivity index (χ0n) is 34.4. The largest absolute Gasteiger partial charge is 0.534 e. The minimum Gasteiger partial charge on any atom is -0.490 e. The van der Waals surface area contributed by atoms with Crippen LogP contribution in [0.2, 0.25) is 16.6 Å². The Kier molecular flexibility index (Phi) is 15.2. The van der Waals surface area contributed by atoms with Crippen LogP contribution in [0.5, 0.6) is 11.5 Å². The molecule has 0 bridgehead atoms. The number of methoxy groups -OCH3 is 1. The molecule has 2 aliphatic rings. The van der Waals surface area contributed by atoms with E-state index in [1.54, 1.807) is 24.1 Å². The predicted molar refractivity (Wildman–Crippen MR) is 218 cm³/mol. The van der Waals surface area contributed by atoms with E-state index < -0.39 is 53.9 Å². The molecule has 1 fully saturated rings. The Hall–Kier alpha value is -3.83. The number of anilines is 1. The maximum absolute atomic E-state index is 13.9. The monoisotopic (exact) mass is 850 g/mol. The van der Waals surface area contributed by atoms with Crippen molar-refractivity contribution in [2.75, 3.05) is 51.4 Å². The van der Waals surface area contributed by atoms with E-state index in [2.05, 4.69) is 50.6 Å².